The van der Waals surface area contributed by atoms with Gasteiger partial charge < -0.3 is 10.2 Å². The second-order valence-corrected chi connectivity index (χ2v) is 4.05. The van der Waals surface area contributed by atoms with Gasteiger partial charge in [0.25, 0.3) is 0 Å². The number of pyridine rings is 1. The largest absolute Gasteiger partial charge is 0.341 e. The van der Waals surface area contributed by atoms with Gasteiger partial charge >= 0.3 is 6.03 Å². The summed E-state index contributed by atoms with van der Waals surface area (Å²) in [5.41, 5.74) is 1.13. The molecule has 1 unspecified atom stereocenters. The summed E-state index contributed by atoms with van der Waals surface area (Å²) in [5, 5.41) is 2.70. The molecule has 1 saturated heterocycles. The molecule has 4 heteroatoms. The van der Waals surface area contributed by atoms with E-state index in [-0.39, 0.29) is 12.1 Å². The minimum Gasteiger partial charge on any atom is -0.341 e. The molecule has 0 spiro atoms. The molecule has 1 N–H and O–H groups in total. The molecule has 1 aliphatic rings. The molecule has 1 aromatic rings. The summed E-state index contributed by atoms with van der Waals surface area (Å²) in [6, 6.07) is 4.15. The first-order valence-corrected chi connectivity index (χ1v) is 5.71. The van der Waals surface area contributed by atoms with Crippen molar-refractivity contribution in [1.29, 1.82) is 0 Å². The first-order valence-electron chi connectivity index (χ1n) is 5.71. The van der Waals surface area contributed by atoms with Gasteiger partial charge in [-0.1, -0.05) is 6.07 Å². The van der Waals surface area contributed by atoms with Crippen LogP contribution in [-0.2, 0) is 0 Å². The van der Waals surface area contributed by atoms with E-state index in [1.807, 2.05) is 23.2 Å². The predicted molar refractivity (Wildman–Crippen MR) is 62.0 cm³/mol. The van der Waals surface area contributed by atoms with E-state index in [0.29, 0.717) is 0 Å². The fourth-order valence-electron chi connectivity index (χ4n) is 2.24. The molecule has 16 heavy (non-hydrogen) atoms. The van der Waals surface area contributed by atoms with Crippen molar-refractivity contribution in [2.75, 3.05) is 13.6 Å². The van der Waals surface area contributed by atoms with Crippen molar-refractivity contribution in [2.45, 2.75) is 25.3 Å². The molecule has 4 nitrogen and oxygen atoms in total. The number of rotatable bonds is 1. The van der Waals surface area contributed by atoms with E-state index in [2.05, 4.69) is 10.3 Å². The van der Waals surface area contributed by atoms with Crippen LogP contribution in [0.1, 0.15) is 30.9 Å². The topological polar surface area (TPSA) is 45.2 Å². The van der Waals surface area contributed by atoms with Crippen LogP contribution in [0, 0.1) is 0 Å². The van der Waals surface area contributed by atoms with Crippen molar-refractivity contribution >= 4 is 6.03 Å². The third kappa shape index (κ3) is 2.15. The van der Waals surface area contributed by atoms with Gasteiger partial charge in [0.15, 0.2) is 0 Å². The highest BCUT2D eigenvalue weighted by atomic mass is 16.2. The van der Waals surface area contributed by atoms with Crippen molar-refractivity contribution in [3.05, 3.63) is 30.1 Å². The number of carbonyl (C=O) groups is 1. The fourth-order valence-corrected chi connectivity index (χ4v) is 2.24. The zero-order chi connectivity index (χ0) is 11.4. The number of piperidine rings is 1. The van der Waals surface area contributed by atoms with Gasteiger partial charge in [0.1, 0.15) is 0 Å². The molecule has 0 bridgehead atoms. The molecule has 0 saturated carbocycles. The molecule has 0 aromatic carbocycles. The minimum atomic E-state index is 0.00792. The Labute approximate surface area is 95.7 Å². The number of carbonyl (C=O) groups excluding carboxylic acids is 1. The number of hydrogen-bond acceptors (Lipinski definition) is 2. The highest BCUT2D eigenvalue weighted by Crippen LogP contribution is 2.30. The fraction of sp³-hybridized carbons (Fsp3) is 0.500. The third-order valence-electron chi connectivity index (χ3n) is 3.05. The molecule has 1 fully saturated rings. The van der Waals surface area contributed by atoms with Crippen molar-refractivity contribution in [3.8, 4) is 0 Å². The number of aromatic nitrogens is 1. The lowest BCUT2D eigenvalue weighted by atomic mass is 9.97. The molecule has 86 valence electrons. The summed E-state index contributed by atoms with van der Waals surface area (Å²) >= 11 is 0. The Morgan fingerprint density at radius 3 is 3.12 bits per heavy atom. The van der Waals surface area contributed by atoms with Crippen LogP contribution < -0.4 is 5.32 Å². The van der Waals surface area contributed by atoms with Crippen molar-refractivity contribution < 1.29 is 4.79 Å². The summed E-state index contributed by atoms with van der Waals surface area (Å²) in [6.07, 6.45) is 6.90. The zero-order valence-corrected chi connectivity index (χ0v) is 9.52. The first kappa shape index (κ1) is 10.9. The Morgan fingerprint density at radius 1 is 1.56 bits per heavy atom. The monoisotopic (exact) mass is 219 g/mol. The van der Waals surface area contributed by atoms with Gasteiger partial charge in [0, 0.05) is 26.0 Å². The predicted octanol–water partition coefficient (Wildman–Crippen LogP) is 1.95. The Hall–Kier alpha value is -1.58. The highest BCUT2D eigenvalue weighted by molar-refractivity contribution is 5.74. The first-order chi connectivity index (χ1) is 7.83. The van der Waals surface area contributed by atoms with E-state index < -0.39 is 0 Å². The second kappa shape index (κ2) is 4.96. The summed E-state index contributed by atoms with van der Waals surface area (Å²) < 4.78 is 0. The molecule has 1 aliphatic heterocycles. The molecule has 1 aromatic heterocycles. The molecule has 2 amide bonds. The smallest absolute Gasteiger partial charge is 0.317 e. The van der Waals surface area contributed by atoms with Crippen LogP contribution >= 0.6 is 0 Å². The Morgan fingerprint density at radius 2 is 2.44 bits per heavy atom. The van der Waals surface area contributed by atoms with Crippen molar-refractivity contribution in [1.82, 2.24) is 15.2 Å². The van der Waals surface area contributed by atoms with Crippen molar-refractivity contribution in [2.24, 2.45) is 0 Å². The SMILES string of the molecule is CNC(=O)N1CCCCC1c1cccnc1. The van der Waals surface area contributed by atoms with Crippen LogP contribution in [0.4, 0.5) is 4.79 Å². The summed E-state index contributed by atoms with van der Waals surface area (Å²) in [4.78, 5) is 17.8. The maximum atomic E-state index is 11.7. The minimum absolute atomic E-state index is 0.00792. The van der Waals surface area contributed by atoms with Crippen molar-refractivity contribution in [3.63, 3.8) is 0 Å². The van der Waals surface area contributed by atoms with Gasteiger partial charge in [0.05, 0.1) is 6.04 Å². The van der Waals surface area contributed by atoms with Gasteiger partial charge in [-0.05, 0) is 30.9 Å². The average Bonchev–Trinajstić information content (AvgIpc) is 2.39. The van der Waals surface area contributed by atoms with Gasteiger partial charge in [-0.25, -0.2) is 4.79 Å². The van der Waals surface area contributed by atoms with Crippen LogP contribution in [0.2, 0.25) is 0 Å². The standard InChI is InChI=1S/C12H17N3O/c1-13-12(16)15-8-3-2-6-11(15)10-5-4-7-14-9-10/h4-5,7,9,11H,2-3,6,8H2,1H3,(H,13,16). The van der Waals surface area contributed by atoms with E-state index >= 15 is 0 Å². The third-order valence-corrected chi connectivity index (χ3v) is 3.05. The summed E-state index contributed by atoms with van der Waals surface area (Å²) in [5.74, 6) is 0. The lowest BCUT2D eigenvalue weighted by molar-refractivity contribution is 0.153. The number of hydrogen-bond donors (Lipinski definition) is 1. The Bertz CT molecular complexity index is 353. The normalized spacial score (nSPS) is 20.6. The number of amides is 2. The van der Waals surface area contributed by atoms with E-state index in [4.69, 9.17) is 0 Å². The van der Waals surface area contributed by atoms with Gasteiger partial charge in [0.2, 0.25) is 0 Å². The molecule has 0 radical (unpaired) electrons. The van der Waals surface area contributed by atoms with E-state index in [9.17, 15) is 4.79 Å². The highest BCUT2D eigenvalue weighted by Gasteiger charge is 2.27. The van der Waals surface area contributed by atoms with Gasteiger partial charge in [-0.15, -0.1) is 0 Å². The zero-order valence-electron chi connectivity index (χ0n) is 9.52. The van der Waals surface area contributed by atoms with Crippen LogP contribution in [-0.4, -0.2) is 29.5 Å². The van der Waals surface area contributed by atoms with Gasteiger partial charge in [-0.3, -0.25) is 4.98 Å². The van der Waals surface area contributed by atoms with E-state index in [0.717, 1.165) is 24.9 Å². The quantitative estimate of drug-likeness (QED) is 0.784. The maximum Gasteiger partial charge on any atom is 0.317 e. The van der Waals surface area contributed by atoms with Crippen LogP contribution in [0.25, 0.3) is 0 Å². The molecular formula is C12H17N3O. The summed E-state index contributed by atoms with van der Waals surface area (Å²) in [6.45, 7) is 0.833. The summed E-state index contributed by atoms with van der Waals surface area (Å²) in [7, 11) is 1.68. The second-order valence-electron chi connectivity index (χ2n) is 4.05. The van der Waals surface area contributed by atoms with E-state index in [1.54, 1.807) is 13.2 Å². The molecule has 2 rings (SSSR count). The number of nitrogens with one attached hydrogen (secondary N) is 1. The maximum absolute atomic E-state index is 11.7. The average molecular weight is 219 g/mol. The van der Waals surface area contributed by atoms with Crippen LogP contribution in [0.5, 0.6) is 0 Å². The lowest BCUT2D eigenvalue weighted by Crippen LogP contribution is -2.43. The number of urea groups is 1. The lowest BCUT2D eigenvalue weighted by Gasteiger charge is -2.35. The van der Waals surface area contributed by atoms with E-state index in [1.165, 1.54) is 6.42 Å². The Balaban J connectivity index is 2.20. The van der Waals surface area contributed by atoms with Gasteiger partial charge in [-0.2, -0.15) is 0 Å². The molecule has 1 atom stereocenters. The molecule has 2 heterocycles. The Kier molecular flexibility index (Phi) is 3.39. The molecule has 0 aliphatic carbocycles. The van der Waals surface area contributed by atoms with Crippen LogP contribution in [0.15, 0.2) is 24.5 Å². The van der Waals surface area contributed by atoms with Crippen LogP contribution in [0.3, 0.4) is 0 Å². The number of nitrogens with zero attached hydrogens (tertiary/aromatic N) is 2. The number of likely N-dealkylation sites (tertiary alicyclic amines) is 1. The molecular weight excluding hydrogens is 202 g/mol.